The molecule has 4 nitrogen and oxygen atoms in total. The van der Waals surface area contributed by atoms with Gasteiger partial charge in [0.05, 0.1) is 16.7 Å². The average Bonchev–Trinajstić information content (AvgIpc) is 1.13. The third-order valence-electron chi connectivity index (χ3n) is 19.1. The first-order valence-electron chi connectivity index (χ1n) is 31.8. The normalized spacial score (nSPS) is 13.0. The van der Waals surface area contributed by atoms with E-state index >= 15 is 0 Å². The molecule has 5 heterocycles. The van der Waals surface area contributed by atoms with Crippen LogP contribution in [0.1, 0.15) is 0 Å². The van der Waals surface area contributed by atoms with Gasteiger partial charge in [-0.1, -0.05) is 258 Å². The third-order valence-corrected chi connectivity index (χ3v) is 22.5. The lowest BCUT2D eigenvalue weighted by Gasteiger charge is -2.43. The second-order valence-corrected chi connectivity index (χ2v) is 27.5. The minimum atomic E-state index is -0.0578. The molecule has 93 heavy (non-hydrogen) atoms. The van der Waals surface area contributed by atoms with E-state index in [0.29, 0.717) is 0 Å². The molecule has 14 aromatic carbocycles. The zero-order chi connectivity index (χ0) is 61.1. The Kier molecular flexibility index (Phi) is 12.9. The molecule has 0 amide bonds. The highest BCUT2D eigenvalue weighted by Crippen LogP contribution is 2.51. The monoisotopic (exact) mass is 1240 g/mol. The van der Waals surface area contributed by atoms with Gasteiger partial charge in [-0.05, 0) is 154 Å². The van der Waals surface area contributed by atoms with Gasteiger partial charge in [0.25, 0.3) is 0 Å². The van der Waals surface area contributed by atoms with E-state index < -0.39 is 0 Å². The van der Waals surface area contributed by atoms with Crippen molar-refractivity contribution in [3.8, 4) is 27.9 Å². The molecule has 0 fully saturated rings. The second-order valence-electron chi connectivity index (χ2n) is 24.3. The minimum Gasteiger partial charge on any atom is -0.311 e. The highest BCUT2D eigenvalue weighted by molar-refractivity contribution is 8.01. The van der Waals surface area contributed by atoms with Crippen molar-refractivity contribution in [1.29, 1.82) is 0 Å². The molecule has 0 N–H and O–H groups in total. The van der Waals surface area contributed by atoms with Gasteiger partial charge in [0, 0.05) is 96.9 Å². The lowest BCUT2D eigenvalue weighted by Crippen LogP contribution is -2.63. The van der Waals surface area contributed by atoms with Crippen LogP contribution in [0.25, 0.3) is 49.7 Å². The predicted molar refractivity (Wildman–Crippen MR) is 397 cm³/mol. The van der Waals surface area contributed by atoms with Crippen LogP contribution in [0.5, 0.6) is 0 Å². The van der Waals surface area contributed by atoms with E-state index in [2.05, 4.69) is 347 Å². The van der Waals surface area contributed by atoms with Crippen molar-refractivity contribution in [3.05, 3.63) is 328 Å². The van der Waals surface area contributed by atoms with Crippen LogP contribution in [0, 0.1) is 0 Å². The molecular formula is C84H54B2N4S3. The van der Waals surface area contributed by atoms with Crippen molar-refractivity contribution >= 4 is 154 Å². The Labute approximate surface area is 554 Å². The predicted octanol–water partition coefficient (Wildman–Crippen LogP) is 19.3. The number of fused-ring (bicyclic) bond motifs is 11. The Hall–Kier alpha value is -10.5. The molecule has 0 bridgehead atoms. The van der Waals surface area contributed by atoms with E-state index in [9.17, 15) is 0 Å². The summed E-state index contributed by atoms with van der Waals surface area (Å²) in [7, 11) is 0. The van der Waals surface area contributed by atoms with Gasteiger partial charge in [-0.2, -0.15) is 0 Å². The Balaban J connectivity index is 0.864. The van der Waals surface area contributed by atoms with Crippen LogP contribution in [0.2, 0.25) is 0 Å². The zero-order valence-corrected chi connectivity index (χ0v) is 52.8. The number of para-hydroxylation sites is 6. The number of hydrogen-bond donors (Lipinski definition) is 0. The number of aromatic nitrogens is 1. The Morgan fingerprint density at radius 2 is 0.763 bits per heavy atom. The molecule has 19 rings (SSSR count). The van der Waals surface area contributed by atoms with Crippen LogP contribution in [0.15, 0.2) is 357 Å². The van der Waals surface area contributed by atoms with Crippen LogP contribution >= 0.6 is 35.3 Å². The largest absolute Gasteiger partial charge is 0.311 e. The number of hydrogen-bond acceptors (Lipinski definition) is 6. The Bertz CT molecular complexity index is 5440. The van der Waals surface area contributed by atoms with Gasteiger partial charge in [-0.25, -0.2) is 0 Å². The molecule has 9 heteroatoms. The summed E-state index contributed by atoms with van der Waals surface area (Å²) < 4.78 is 2.44. The summed E-state index contributed by atoms with van der Waals surface area (Å²) in [6, 6.07) is 122. The van der Waals surface area contributed by atoms with Gasteiger partial charge in [0.2, 0.25) is 13.4 Å². The average molecular weight is 1240 g/mol. The van der Waals surface area contributed by atoms with E-state index in [1.54, 1.807) is 0 Å². The maximum absolute atomic E-state index is 2.66. The fourth-order valence-corrected chi connectivity index (χ4v) is 18.8. The first-order chi connectivity index (χ1) is 46.1. The number of benzene rings is 14. The van der Waals surface area contributed by atoms with Crippen LogP contribution in [-0.4, -0.2) is 18.0 Å². The summed E-state index contributed by atoms with van der Waals surface area (Å²) in [6.07, 6.45) is 0. The van der Waals surface area contributed by atoms with E-state index in [1.165, 1.54) is 106 Å². The SMILES string of the molecule is c1ccc(-c2cccc(N(c3ccccc3)c3cc4c5c(c3)Sc3cc6c(cc3B5c3ccccc3S4)B3c4ccccc4Sc4cc(N(c5ccccc5)c5ccccc5)cc(c43)N6c3ccccc3-c3ccc4c5ccccc5n(-c5ccccc5)c4c3)c2)cc1. The summed E-state index contributed by atoms with van der Waals surface area (Å²) in [5, 5.41) is 2.47. The Morgan fingerprint density at radius 3 is 1.44 bits per heavy atom. The van der Waals surface area contributed by atoms with Crippen LogP contribution in [-0.2, 0) is 0 Å². The van der Waals surface area contributed by atoms with E-state index in [1.807, 2.05) is 35.3 Å². The standard InChI is InChI=1S/C84H54B2N4S3/c1-6-25-55(26-7-1)56-27-24-36-62(47-56)88(60-32-12-4-13-33-60)64-51-81-84-82(52-64)93-79-54-75-70(53-71(79)86(84)69-40-19-23-44-78(69)92-81)85-68-39-18-22-43-77(68)91-80-50-63(87(58-28-8-2-9-29-58)59-30-10-3-11-31-59)49-76(83(80)85)90(75)72-41-20-16-37-65(72)57-45-46-67-66-38-17-21-42-73(66)89(74(67)48-57)61-34-14-5-15-35-61/h1-54H. The van der Waals surface area contributed by atoms with E-state index in [4.69, 9.17) is 0 Å². The maximum atomic E-state index is 2.66. The van der Waals surface area contributed by atoms with Crippen molar-refractivity contribution in [3.63, 3.8) is 0 Å². The smallest absolute Gasteiger partial charge is 0.249 e. The molecule has 4 aliphatic rings. The van der Waals surface area contributed by atoms with Crippen molar-refractivity contribution in [2.24, 2.45) is 0 Å². The number of anilines is 9. The molecule has 0 spiro atoms. The summed E-state index contributed by atoms with van der Waals surface area (Å²) in [6.45, 7) is -0.0576. The zero-order valence-electron chi connectivity index (χ0n) is 50.3. The number of nitrogens with zero attached hydrogens (tertiary/aromatic N) is 4. The molecule has 15 aromatic rings. The van der Waals surface area contributed by atoms with Crippen LogP contribution in [0.4, 0.5) is 51.2 Å². The minimum absolute atomic E-state index is 0.000206. The highest BCUT2D eigenvalue weighted by atomic mass is 32.2. The lowest BCUT2D eigenvalue weighted by atomic mass is 9.32. The Morgan fingerprint density at radius 1 is 0.258 bits per heavy atom. The topological polar surface area (TPSA) is 14.7 Å². The first-order valence-corrected chi connectivity index (χ1v) is 34.2. The van der Waals surface area contributed by atoms with Gasteiger partial charge < -0.3 is 19.3 Å². The lowest BCUT2D eigenvalue weighted by molar-refractivity contribution is 1.18. The van der Waals surface area contributed by atoms with Crippen molar-refractivity contribution in [1.82, 2.24) is 4.57 Å². The van der Waals surface area contributed by atoms with E-state index in [0.717, 1.165) is 56.6 Å². The van der Waals surface area contributed by atoms with Crippen LogP contribution < -0.4 is 47.5 Å². The highest BCUT2D eigenvalue weighted by Gasteiger charge is 2.46. The molecule has 1 aromatic heterocycles. The molecule has 4 aliphatic heterocycles. The van der Waals surface area contributed by atoms with Crippen molar-refractivity contribution < 1.29 is 0 Å². The van der Waals surface area contributed by atoms with Crippen LogP contribution in [0.3, 0.4) is 0 Å². The molecule has 0 radical (unpaired) electrons. The molecule has 434 valence electrons. The summed E-state index contributed by atoms with van der Waals surface area (Å²) in [4.78, 5) is 15.2. The van der Waals surface area contributed by atoms with Crippen molar-refractivity contribution in [2.45, 2.75) is 29.4 Å². The molecule has 0 unspecified atom stereocenters. The summed E-state index contributed by atoms with van der Waals surface area (Å²) in [5.74, 6) is 0. The first kappa shape index (κ1) is 54.2. The van der Waals surface area contributed by atoms with Gasteiger partial charge in [-0.15, -0.1) is 0 Å². The van der Waals surface area contributed by atoms with Gasteiger partial charge in [-0.3, -0.25) is 0 Å². The molecular weight excluding hydrogens is 1180 g/mol. The molecule has 0 saturated carbocycles. The summed E-state index contributed by atoms with van der Waals surface area (Å²) >= 11 is 5.75. The molecule has 0 atom stereocenters. The van der Waals surface area contributed by atoms with Gasteiger partial charge in [0.15, 0.2) is 0 Å². The van der Waals surface area contributed by atoms with Gasteiger partial charge >= 0.3 is 0 Å². The third kappa shape index (κ3) is 8.90. The quantitative estimate of drug-likeness (QED) is 0.126. The maximum Gasteiger partial charge on any atom is 0.249 e. The second kappa shape index (κ2) is 22.1. The number of rotatable bonds is 10. The van der Waals surface area contributed by atoms with Crippen molar-refractivity contribution in [2.75, 3.05) is 14.7 Å². The fourth-order valence-electron chi connectivity index (χ4n) is 15.1. The van der Waals surface area contributed by atoms with Gasteiger partial charge in [0.1, 0.15) is 0 Å². The van der Waals surface area contributed by atoms with E-state index in [-0.39, 0.29) is 13.4 Å². The fraction of sp³-hybridized carbons (Fsp3) is 0. The summed E-state index contributed by atoms with van der Waals surface area (Å²) in [5.41, 5.74) is 26.4. The molecule has 0 saturated heterocycles. The molecule has 0 aliphatic carbocycles.